The van der Waals surface area contributed by atoms with Gasteiger partial charge in [-0.05, 0) is 35.2 Å². The molecule has 27 heavy (non-hydrogen) atoms. The summed E-state index contributed by atoms with van der Waals surface area (Å²) in [4.78, 5) is 17.3. The molecule has 1 fully saturated rings. The smallest absolute Gasteiger partial charge is 0.253 e. The number of hydrogen-bond acceptors (Lipinski definition) is 4. The van der Waals surface area contributed by atoms with E-state index in [0.717, 1.165) is 31.8 Å². The Morgan fingerprint density at radius 3 is 2.85 bits per heavy atom. The number of benzene rings is 2. The van der Waals surface area contributed by atoms with E-state index in [9.17, 15) is 4.79 Å². The van der Waals surface area contributed by atoms with Gasteiger partial charge in [0.2, 0.25) is 0 Å². The minimum absolute atomic E-state index is 0.111. The van der Waals surface area contributed by atoms with Crippen molar-refractivity contribution in [2.75, 3.05) is 33.4 Å². The topological polar surface area (TPSA) is 42.0 Å². The first-order valence-electron chi connectivity index (χ1n) is 9.55. The lowest BCUT2D eigenvalue weighted by Gasteiger charge is -2.36. The van der Waals surface area contributed by atoms with Gasteiger partial charge in [-0.1, -0.05) is 36.4 Å². The molecule has 4 rings (SSSR count). The molecule has 2 aliphatic heterocycles. The third-order valence-electron chi connectivity index (χ3n) is 5.41. The number of fused-ring (bicyclic) bond motifs is 1. The highest BCUT2D eigenvalue weighted by Crippen LogP contribution is 2.21. The average Bonchev–Trinajstić information content (AvgIpc) is 2.73. The van der Waals surface area contributed by atoms with Crippen LogP contribution in [0.5, 0.6) is 5.75 Å². The van der Waals surface area contributed by atoms with Gasteiger partial charge in [-0.15, -0.1) is 0 Å². The Bertz CT molecular complexity index is 808. The van der Waals surface area contributed by atoms with E-state index >= 15 is 0 Å². The van der Waals surface area contributed by atoms with Crippen LogP contribution in [0.15, 0.2) is 48.5 Å². The van der Waals surface area contributed by atoms with E-state index < -0.39 is 0 Å². The summed E-state index contributed by atoms with van der Waals surface area (Å²) in [7, 11) is 1.68. The first kappa shape index (κ1) is 18.0. The highest BCUT2D eigenvalue weighted by molar-refractivity contribution is 5.81. The van der Waals surface area contributed by atoms with Crippen LogP contribution in [0.2, 0.25) is 0 Å². The van der Waals surface area contributed by atoms with Crippen LogP contribution in [0.4, 0.5) is 0 Å². The van der Waals surface area contributed by atoms with Gasteiger partial charge in [0.05, 0.1) is 13.7 Å². The average molecular weight is 366 g/mol. The van der Waals surface area contributed by atoms with Crippen LogP contribution in [0.1, 0.15) is 16.7 Å². The fourth-order valence-electron chi connectivity index (χ4n) is 3.91. The quantitative estimate of drug-likeness (QED) is 0.834. The molecule has 2 heterocycles. The normalized spacial score (nSPS) is 20.2. The van der Waals surface area contributed by atoms with Gasteiger partial charge in [-0.3, -0.25) is 9.69 Å². The Morgan fingerprint density at radius 1 is 1.15 bits per heavy atom. The number of amides is 1. The maximum Gasteiger partial charge on any atom is 0.253 e. The predicted molar refractivity (Wildman–Crippen MR) is 104 cm³/mol. The summed E-state index contributed by atoms with van der Waals surface area (Å²) in [5.41, 5.74) is 3.79. The van der Waals surface area contributed by atoms with Crippen molar-refractivity contribution in [3.05, 3.63) is 65.2 Å². The predicted octanol–water partition coefficient (Wildman–Crippen LogP) is 2.48. The molecular weight excluding hydrogens is 340 g/mol. The molecule has 5 nitrogen and oxygen atoms in total. The number of ether oxygens (including phenoxy) is 2. The summed E-state index contributed by atoms with van der Waals surface area (Å²) in [6.07, 6.45) is 0.539. The van der Waals surface area contributed by atoms with Crippen LogP contribution in [0.25, 0.3) is 0 Å². The second kappa shape index (κ2) is 8.11. The molecule has 2 aromatic rings. The maximum atomic E-state index is 13.0. The molecule has 0 radical (unpaired) electrons. The number of nitrogens with zero attached hydrogens (tertiary/aromatic N) is 2. The van der Waals surface area contributed by atoms with Crippen molar-refractivity contribution in [1.82, 2.24) is 9.80 Å². The highest BCUT2D eigenvalue weighted by atomic mass is 16.5. The number of carbonyl (C=O) groups is 1. The van der Waals surface area contributed by atoms with Crippen LogP contribution in [0.3, 0.4) is 0 Å². The number of hydrogen-bond donors (Lipinski definition) is 0. The second-order valence-electron chi connectivity index (χ2n) is 7.22. The number of morpholine rings is 1. The number of rotatable bonds is 4. The van der Waals surface area contributed by atoms with Crippen molar-refractivity contribution in [3.8, 4) is 5.75 Å². The summed E-state index contributed by atoms with van der Waals surface area (Å²) < 4.78 is 11.1. The molecule has 142 valence electrons. The molecule has 1 unspecified atom stereocenters. The van der Waals surface area contributed by atoms with Gasteiger partial charge in [0.15, 0.2) is 0 Å². The van der Waals surface area contributed by atoms with Crippen LogP contribution in [-0.4, -0.2) is 55.2 Å². The summed E-state index contributed by atoms with van der Waals surface area (Å²) in [5, 5.41) is 0. The van der Waals surface area contributed by atoms with E-state index in [1.165, 1.54) is 16.7 Å². The first-order chi connectivity index (χ1) is 13.2. The van der Waals surface area contributed by atoms with Gasteiger partial charge in [0, 0.05) is 32.7 Å². The van der Waals surface area contributed by atoms with Gasteiger partial charge in [-0.2, -0.15) is 0 Å². The third-order valence-corrected chi connectivity index (χ3v) is 5.41. The Balaban J connectivity index is 1.38. The Kier molecular flexibility index (Phi) is 5.41. The van der Waals surface area contributed by atoms with Gasteiger partial charge >= 0.3 is 0 Å². The fraction of sp³-hybridized carbons (Fsp3) is 0.409. The van der Waals surface area contributed by atoms with Crippen molar-refractivity contribution in [2.24, 2.45) is 0 Å². The first-order valence-corrected chi connectivity index (χ1v) is 9.55. The van der Waals surface area contributed by atoms with Gasteiger partial charge < -0.3 is 14.4 Å². The number of carbonyl (C=O) groups excluding carboxylic acids is 1. The lowest BCUT2D eigenvalue weighted by Crippen LogP contribution is -2.51. The van der Waals surface area contributed by atoms with Crippen LogP contribution in [-0.2, 0) is 29.0 Å². The Morgan fingerprint density at radius 2 is 2.00 bits per heavy atom. The van der Waals surface area contributed by atoms with Crippen molar-refractivity contribution in [1.29, 1.82) is 0 Å². The number of methoxy groups -OCH3 is 1. The van der Waals surface area contributed by atoms with E-state index in [0.29, 0.717) is 19.7 Å². The molecule has 2 aromatic carbocycles. The molecular formula is C22H26N2O3. The largest absolute Gasteiger partial charge is 0.497 e. The minimum atomic E-state index is -0.380. The Labute approximate surface area is 160 Å². The lowest BCUT2D eigenvalue weighted by atomic mass is 9.99. The lowest BCUT2D eigenvalue weighted by molar-refractivity contribution is -0.150. The minimum Gasteiger partial charge on any atom is -0.497 e. The second-order valence-corrected chi connectivity index (χ2v) is 7.22. The van der Waals surface area contributed by atoms with Crippen molar-refractivity contribution >= 4 is 5.91 Å². The van der Waals surface area contributed by atoms with Gasteiger partial charge in [0.1, 0.15) is 11.9 Å². The molecule has 1 amide bonds. The molecule has 2 aliphatic rings. The molecule has 0 aliphatic carbocycles. The standard InChI is InChI=1S/C22H26N2O3/c1-26-20-8-4-5-17(13-20)14-23-11-12-27-21(16-23)22(25)24-10-9-18-6-2-3-7-19(18)15-24/h2-8,13,21H,9-12,14-16H2,1H3. The molecule has 0 aromatic heterocycles. The monoisotopic (exact) mass is 366 g/mol. The third kappa shape index (κ3) is 4.15. The molecule has 0 saturated carbocycles. The van der Waals surface area contributed by atoms with E-state index in [1.807, 2.05) is 29.2 Å². The van der Waals surface area contributed by atoms with E-state index in [-0.39, 0.29) is 12.0 Å². The summed E-state index contributed by atoms with van der Waals surface area (Å²) in [5.74, 6) is 0.972. The van der Waals surface area contributed by atoms with Crippen LogP contribution < -0.4 is 4.74 Å². The van der Waals surface area contributed by atoms with Crippen molar-refractivity contribution < 1.29 is 14.3 Å². The zero-order chi connectivity index (χ0) is 18.6. The van der Waals surface area contributed by atoms with Crippen LogP contribution in [0, 0.1) is 0 Å². The summed E-state index contributed by atoms with van der Waals surface area (Å²) in [6, 6.07) is 16.5. The molecule has 0 spiro atoms. The molecule has 1 atom stereocenters. The van der Waals surface area contributed by atoms with E-state index in [4.69, 9.17) is 9.47 Å². The summed E-state index contributed by atoms with van der Waals surface area (Å²) in [6.45, 7) is 4.31. The summed E-state index contributed by atoms with van der Waals surface area (Å²) >= 11 is 0. The molecule has 0 N–H and O–H groups in total. The van der Waals surface area contributed by atoms with Gasteiger partial charge in [0.25, 0.3) is 5.91 Å². The maximum absolute atomic E-state index is 13.0. The van der Waals surface area contributed by atoms with Crippen LogP contribution >= 0.6 is 0 Å². The van der Waals surface area contributed by atoms with Gasteiger partial charge in [-0.25, -0.2) is 0 Å². The zero-order valence-corrected chi connectivity index (χ0v) is 15.8. The molecule has 5 heteroatoms. The van der Waals surface area contributed by atoms with E-state index in [2.05, 4.69) is 29.2 Å². The fourth-order valence-corrected chi connectivity index (χ4v) is 3.91. The zero-order valence-electron chi connectivity index (χ0n) is 15.8. The SMILES string of the molecule is COc1cccc(CN2CCOC(C(=O)N3CCc4ccccc4C3)C2)c1. The highest BCUT2D eigenvalue weighted by Gasteiger charge is 2.31. The molecule has 0 bridgehead atoms. The van der Waals surface area contributed by atoms with E-state index in [1.54, 1.807) is 7.11 Å². The van der Waals surface area contributed by atoms with Crippen molar-refractivity contribution in [3.63, 3.8) is 0 Å². The Hall–Kier alpha value is -2.37. The van der Waals surface area contributed by atoms with Crippen molar-refractivity contribution in [2.45, 2.75) is 25.6 Å². The molecule has 1 saturated heterocycles.